The average Bonchev–Trinajstić information content (AvgIpc) is 2.72. The Bertz CT molecular complexity index is 962. The lowest BCUT2D eigenvalue weighted by Crippen LogP contribution is -2.27. The zero-order chi connectivity index (χ0) is 19.9. The zero-order valence-electron chi connectivity index (χ0n) is 16.8. The van der Waals surface area contributed by atoms with Gasteiger partial charge in [0, 0.05) is 42.5 Å². The van der Waals surface area contributed by atoms with Crippen LogP contribution in [0, 0.1) is 0 Å². The highest BCUT2D eigenvalue weighted by Gasteiger charge is 2.05. The molecule has 0 saturated carbocycles. The van der Waals surface area contributed by atoms with Crippen molar-refractivity contribution in [2.24, 2.45) is 0 Å². The van der Waals surface area contributed by atoms with Crippen LogP contribution in [-0.2, 0) is 6.54 Å². The van der Waals surface area contributed by atoms with Crippen molar-refractivity contribution in [3.63, 3.8) is 0 Å². The van der Waals surface area contributed by atoms with E-state index in [2.05, 4.69) is 29.0 Å². The van der Waals surface area contributed by atoms with Crippen LogP contribution < -0.4 is 15.6 Å². The molecule has 0 aliphatic heterocycles. The largest absolute Gasteiger partial charge is 0.492 e. The number of hydrogen-bond donors (Lipinski definition) is 1. The normalized spacial score (nSPS) is 11.1. The first-order valence-corrected chi connectivity index (χ1v) is 9.86. The van der Waals surface area contributed by atoms with E-state index in [1.54, 1.807) is 16.8 Å². The third-order valence-electron chi connectivity index (χ3n) is 4.89. The van der Waals surface area contributed by atoms with Gasteiger partial charge in [-0.05, 0) is 50.3 Å². The summed E-state index contributed by atoms with van der Waals surface area (Å²) in [5.74, 6) is 1.56. The summed E-state index contributed by atoms with van der Waals surface area (Å²) in [5.41, 5.74) is 1.80. The molecule has 3 rings (SSSR count). The highest BCUT2D eigenvalue weighted by Crippen LogP contribution is 2.21. The number of likely N-dealkylation sites (N-methyl/N-ethyl adjacent to an activating group) is 1. The fourth-order valence-electron chi connectivity index (χ4n) is 3.20. The molecule has 0 radical (unpaired) electrons. The van der Waals surface area contributed by atoms with Crippen LogP contribution in [-0.4, -0.2) is 40.7 Å². The number of hydrogen-bond acceptors (Lipinski definition) is 5. The summed E-state index contributed by atoms with van der Waals surface area (Å²) in [5, 5.41) is 4.24. The van der Waals surface area contributed by atoms with E-state index in [4.69, 9.17) is 4.74 Å². The van der Waals surface area contributed by atoms with Gasteiger partial charge in [0.1, 0.15) is 18.2 Å². The van der Waals surface area contributed by atoms with Crippen molar-refractivity contribution in [2.45, 2.75) is 27.3 Å². The highest BCUT2D eigenvalue weighted by molar-refractivity contribution is 5.81. The number of nitrogens with one attached hydrogen (secondary N) is 1. The number of aryl methyl sites for hydroxylation is 1. The molecule has 0 saturated heterocycles. The number of nitrogens with zero attached hydrogens (tertiary/aromatic N) is 3. The first-order chi connectivity index (χ1) is 13.6. The third kappa shape index (κ3) is 4.70. The molecule has 1 aromatic carbocycles. The van der Waals surface area contributed by atoms with Gasteiger partial charge in [-0.3, -0.25) is 4.79 Å². The summed E-state index contributed by atoms with van der Waals surface area (Å²) in [6.07, 6.45) is 1.79. The van der Waals surface area contributed by atoms with Gasteiger partial charge in [-0.1, -0.05) is 13.8 Å². The van der Waals surface area contributed by atoms with Gasteiger partial charge in [0.25, 0.3) is 5.56 Å². The Kier molecular flexibility index (Phi) is 6.66. The number of fused-ring (bicyclic) bond motifs is 1. The van der Waals surface area contributed by atoms with Crippen LogP contribution in [0.4, 0.5) is 11.5 Å². The molecular weight excluding hydrogens is 352 g/mol. The fourth-order valence-corrected chi connectivity index (χ4v) is 3.20. The Morgan fingerprint density at radius 3 is 2.50 bits per heavy atom. The van der Waals surface area contributed by atoms with Gasteiger partial charge >= 0.3 is 0 Å². The van der Waals surface area contributed by atoms with E-state index >= 15 is 0 Å². The standard InChI is InChI=1S/C22H28N4O2/c1-4-25(5-2)13-14-28-19-10-8-18(9-11-19)24-21-15-20-17(16-23-21)7-12-22(27)26(20)6-3/h7-12,15-16H,4-6,13-14H2,1-3H3,(H,23,24). The Morgan fingerprint density at radius 2 is 1.82 bits per heavy atom. The Labute approximate surface area is 165 Å². The smallest absolute Gasteiger partial charge is 0.251 e. The molecule has 28 heavy (non-hydrogen) atoms. The Hall–Kier alpha value is -2.86. The number of rotatable bonds is 9. The SMILES string of the molecule is CCN(CC)CCOc1ccc(Nc2cc3c(ccc(=O)n3CC)cn2)cc1. The van der Waals surface area contributed by atoms with Crippen molar-refractivity contribution in [1.29, 1.82) is 0 Å². The second kappa shape index (κ2) is 9.37. The average molecular weight is 380 g/mol. The van der Waals surface area contributed by atoms with Gasteiger partial charge in [-0.2, -0.15) is 0 Å². The number of benzene rings is 1. The molecule has 0 spiro atoms. The van der Waals surface area contributed by atoms with E-state index in [9.17, 15) is 4.79 Å². The summed E-state index contributed by atoms with van der Waals surface area (Å²) >= 11 is 0. The topological polar surface area (TPSA) is 59.4 Å². The van der Waals surface area contributed by atoms with Crippen LogP contribution in [0.5, 0.6) is 5.75 Å². The molecule has 0 bridgehead atoms. The number of pyridine rings is 2. The van der Waals surface area contributed by atoms with Crippen LogP contribution in [0.2, 0.25) is 0 Å². The molecule has 2 aromatic heterocycles. The van der Waals surface area contributed by atoms with E-state index in [1.165, 1.54) is 0 Å². The first-order valence-electron chi connectivity index (χ1n) is 9.86. The van der Waals surface area contributed by atoms with Crippen LogP contribution in [0.15, 0.2) is 53.5 Å². The molecule has 148 valence electrons. The molecule has 0 fully saturated rings. The highest BCUT2D eigenvalue weighted by atomic mass is 16.5. The lowest BCUT2D eigenvalue weighted by atomic mass is 10.2. The Morgan fingerprint density at radius 1 is 1.07 bits per heavy atom. The number of anilines is 2. The van der Waals surface area contributed by atoms with E-state index < -0.39 is 0 Å². The summed E-state index contributed by atoms with van der Waals surface area (Å²) in [4.78, 5) is 18.8. The van der Waals surface area contributed by atoms with Crippen molar-refractivity contribution in [3.8, 4) is 5.75 Å². The molecule has 0 amide bonds. The summed E-state index contributed by atoms with van der Waals surface area (Å²) in [6.45, 7) is 10.6. The lowest BCUT2D eigenvalue weighted by Gasteiger charge is -2.18. The van der Waals surface area contributed by atoms with E-state index in [1.807, 2.05) is 43.3 Å². The summed E-state index contributed by atoms with van der Waals surface area (Å²) in [6, 6.07) is 13.1. The molecule has 6 nitrogen and oxygen atoms in total. The molecular formula is C22H28N4O2. The monoisotopic (exact) mass is 380 g/mol. The third-order valence-corrected chi connectivity index (χ3v) is 4.89. The first kappa shape index (κ1) is 19.9. The predicted octanol–water partition coefficient (Wildman–Crippen LogP) is 3.88. The summed E-state index contributed by atoms with van der Waals surface area (Å²) < 4.78 is 7.57. The molecule has 0 unspecified atom stereocenters. The summed E-state index contributed by atoms with van der Waals surface area (Å²) in [7, 11) is 0. The van der Waals surface area contributed by atoms with Gasteiger partial charge in [0.2, 0.25) is 0 Å². The van der Waals surface area contributed by atoms with Crippen molar-refractivity contribution in [3.05, 3.63) is 59.0 Å². The maximum absolute atomic E-state index is 12.0. The van der Waals surface area contributed by atoms with E-state index in [-0.39, 0.29) is 5.56 Å². The van der Waals surface area contributed by atoms with Gasteiger partial charge in [-0.15, -0.1) is 0 Å². The van der Waals surface area contributed by atoms with Gasteiger partial charge in [0.15, 0.2) is 0 Å². The fraction of sp³-hybridized carbons (Fsp3) is 0.364. The van der Waals surface area contributed by atoms with Crippen molar-refractivity contribution in [1.82, 2.24) is 14.5 Å². The van der Waals surface area contributed by atoms with Crippen molar-refractivity contribution < 1.29 is 4.74 Å². The number of ether oxygens (including phenoxy) is 1. The molecule has 6 heteroatoms. The molecule has 2 heterocycles. The number of aromatic nitrogens is 2. The second-order valence-electron chi connectivity index (χ2n) is 6.57. The van der Waals surface area contributed by atoms with Gasteiger partial charge in [0.05, 0.1) is 5.52 Å². The molecule has 1 N–H and O–H groups in total. The van der Waals surface area contributed by atoms with Crippen molar-refractivity contribution >= 4 is 22.4 Å². The predicted molar refractivity (Wildman–Crippen MR) is 115 cm³/mol. The van der Waals surface area contributed by atoms with Crippen molar-refractivity contribution in [2.75, 3.05) is 31.6 Å². The minimum atomic E-state index is -0.00152. The second-order valence-corrected chi connectivity index (χ2v) is 6.57. The van der Waals surface area contributed by atoms with Gasteiger partial charge < -0.3 is 19.5 Å². The Balaban J connectivity index is 1.68. The van der Waals surface area contributed by atoms with Crippen LogP contribution in [0.3, 0.4) is 0 Å². The maximum Gasteiger partial charge on any atom is 0.251 e. The van der Waals surface area contributed by atoms with Gasteiger partial charge in [-0.25, -0.2) is 4.98 Å². The minimum absolute atomic E-state index is 0.00152. The quantitative estimate of drug-likeness (QED) is 0.610. The van der Waals surface area contributed by atoms with Crippen LogP contribution in [0.1, 0.15) is 20.8 Å². The van der Waals surface area contributed by atoms with Crippen LogP contribution in [0.25, 0.3) is 10.9 Å². The molecule has 0 aliphatic carbocycles. The lowest BCUT2D eigenvalue weighted by molar-refractivity contribution is 0.223. The van der Waals surface area contributed by atoms with E-state index in [0.29, 0.717) is 19.0 Å². The zero-order valence-corrected chi connectivity index (χ0v) is 16.8. The van der Waals surface area contributed by atoms with Crippen LogP contribution >= 0.6 is 0 Å². The van der Waals surface area contributed by atoms with E-state index in [0.717, 1.165) is 42.0 Å². The molecule has 0 atom stereocenters. The maximum atomic E-state index is 12.0. The minimum Gasteiger partial charge on any atom is -0.492 e. The molecule has 3 aromatic rings. The molecule has 0 aliphatic rings.